The monoisotopic (exact) mass is 341 g/mol. The molecule has 1 aromatic carbocycles. The van der Waals surface area contributed by atoms with Crippen LogP contribution in [0.25, 0.3) is 0 Å². The highest BCUT2D eigenvalue weighted by molar-refractivity contribution is 6.35. The Kier molecular flexibility index (Phi) is 2.92. The zero-order valence-corrected chi connectivity index (χ0v) is 12.0. The maximum Gasteiger partial charge on any atom is 0.240 e. The van der Waals surface area contributed by atoms with E-state index >= 15 is 0 Å². The van der Waals surface area contributed by atoms with Gasteiger partial charge in [0.2, 0.25) is 11.8 Å². The molecule has 4 heterocycles. The zero-order chi connectivity index (χ0) is 14.5. The Morgan fingerprint density at radius 1 is 0.818 bits per heavy atom. The van der Waals surface area contributed by atoms with Gasteiger partial charge in [-0.1, -0.05) is 30.6 Å². The molecule has 22 heavy (non-hydrogen) atoms. The summed E-state index contributed by atoms with van der Waals surface area (Å²) < 4.78 is 11.2. The molecule has 7 heteroatoms. The predicted molar refractivity (Wildman–Crippen MR) is 80.0 cm³/mol. The molecule has 2 bridgehead atoms. The summed E-state index contributed by atoms with van der Waals surface area (Å²) in [7, 11) is 0. The van der Waals surface area contributed by atoms with Gasteiger partial charge in [-0.15, -0.1) is 0 Å². The zero-order valence-electron chi connectivity index (χ0n) is 10.5. The summed E-state index contributed by atoms with van der Waals surface area (Å²) in [5.74, 6) is -1.37. The van der Waals surface area contributed by atoms with Crippen molar-refractivity contribution in [1.29, 1.82) is 0 Å². The number of benzene rings is 1. The van der Waals surface area contributed by atoms with Crippen molar-refractivity contribution in [3.63, 3.8) is 0 Å². The molecule has 6 atom stereocenters. The predicted octanol–water partition coefficient (Wildman–Crippen LogP) is 2.28. The molecule has 0 spiro atoms. The number of hydrogen-bond acceptors (Lipinski definition) is 4. The van der Waals surface area contributed by atoms with E-state index in [0.29, 0.717) is 15.7 Å². The maximum atomic E-state index is 12.7. The van der Waals surface area contributed by atoms with E-state index in [2.05, 4.69) is 0 Å². The number of anilines is 1. The van der Waals surface area contributed by atoms with E-state index in [1.54, 1.807) is 18.2 Å². The van der Waals surface area contributed by atoms with Crippen LogP contribution in [0, 0.1) is 11.8 Å². The average molecular weight is 342 g/mol. The first-order valence-electron chi connectivity index (χ1n) is 6.71. The van der Waals surface area contributed by atoms with Crippen LogP contribution in [0.4, 0.5) is 5.69 Å². The van der Waals surface area contributed by atoms with E-state index in [9.17, 15) is 9.59 Å². The van der Waals surface area contributed by atoms with Crippen LogP contribution in [-0.4, -0.2) is 36.2 Å². The van der Waals surface area contributed by atoms with E-state index in [1.165, 1.54) is 4.90 Å². The summed E-state index contributed by atoms with van der Waals surface area (Å²) in [5.41, 5.74) is 0.422. The van der Waals surface area contributed by atoms with Crippen LogP contribution in [0.15, 0.2) is 18.2 Å². The number of halogens is 2. The van der Waals surface area contributed by atoms with Crippen molar-refractivity contribution in [3.8, 4) is 0 Å². The third kappa shape index (κ3) is 1.62. The summed E-state index contributed by atoms with van der Waals surface area (Å²) >= 11 is 11.9. The van der Waals surface area contributed by atoms with Crippen molar-refractivity contribution in [2.45, 2.75) is 31.8 Å². The Hall–Kier alpha value is -1.14. The molecule has 4 aliphatic rings. The standard InChI is InChI=1S/C14H9Cl2NO4.CH4/c15-4-1-5(16)3-6(2-4)17-13(18)7-8(14(17)19)10-12-11(21-12)9(7)20-10;/h1-3,7-12H;1H4/t7-,8?,9?,10?,11-,12+;/m0./s1. The van der Waals surface area contributed by atoms with Gasteiger partial charge in [-0.2, -0.15) is 0 Å². The molecule has 0 aromatic heterocycles. The van der Waals surface area contributed by atoms with Gasteiger partial charge in [0.25, 0.3) is 0 Å². The topological polar surface area (TPSA) is 59.1 Å². The van der Waals surface area contributed by atoms with E-state index in [0.717, 1.165) is 0 Å². The Bertz CT molecular complexity index is 657. The van der Waals surface area contributed by atoms with Gasteiger partial charge in [0, 0.05) is 10.0 Å². The molecule has 0 aliphatic carbocycles. The number of nitrogens with zero attached hydrogens (tertiary/aromatic N) is 1. The molecule has 5 nitrogen and oxygen atoms in total. The Labute approximate surface area is 137 Å². The molecular formula is C15H13Cl2NO4. The second-order valence-corrected chi connectivity index (χ2v) is 6.69. The molecule has 0 N–H and O–H groups in total. The Balaban J connectivity index is 0.00000125. The minimum atomic E-state index is -0.441. The van der Waals surface area contributed by atoms with Gasteiger partial charge in [0.15, 0.2) is 0 Å². The molecule has 2 amide bonds. The maximum absolute atomic E-state index is 12.7. The van der Waals surface area contributed by atoms with Gasteiger partial charge in [0.1, 0.15) is 12.2 Å². The number of imide groups is 1. The summed E-state index contributed by atoms with van der Waals surface area (Å²) in [6.07, 6.45) is -0.617. The van der Waals surface area contributed by atoms with Crippen LogP contribution in [0.2, 0.25) is 10.0 Å². The fourth-order valence-electron chi connectivity index (χ4n) is 3.91. The average Bonchev–Trinajstić information content (AvgIpc) is 2.92. The molecule has 0 saturated carbocycles. The van der Waals surface area contributed by atoms with Crippen LogP contribution in [0.1, 0.15) is 7.43 Å². The molecule has 5 rings (SSSR count). The number of rotatable bonds is 1. The van der Waals surface area contributed by atoms with Gasteiger partial charge < -0.3 is 9.47 Å². The van der Waals surface area contributed by atoms with Crippen LogP contribution in [0.5, 0.6) is 0 Å². The quantitative estimate of drug-likeness (QED) is 0.580. The van der Waals surface area contributed by atoms with Gasteiger partial charge in [-0.25, -0.2) is 4.90 Å². The summed E-state index contributed by atoms with van der Waals surface area (Å²) in [6.45, 7) is 0. The van der Waals surface area contributed by atoms with Crippen LogP contribution >= 0.6 is 23.2 Å². The molecule has 4 fully saturated rings. The summed E-state index contributed by atoms with van der Waals surface area (Å²) in [6, 6.07) is 4.71. The third-order valence-corrected chi connectivity index (χ3v) is 5.17. The van der Waals surface area contributed by atoms with E-state index in [4.69, 9.17) is 32.7 Å². The first-order chi connectivity index (χ1) is 10.1. The number of carbonyl (C=O) groups excluding carboxylic acids is 2. The number of fused-ring (bicyclic) bond motifs is 8. The van der Waals surface area contributed by atoms with E-state index in [1.807, 2.05) is 0 Å². The first kappa shape index (κ1) is 14.5. The number of amides is 2. The van der Waals surface area contributed by atoms with E-state index < -0.39 is 11.8 Å². The fraction of sp³-hybridized carbons (Fsp3) is 0.467. The molecule has 4 saturated heterocycles. The second kappa shape index (κ2) is 4.45. The highest BCUT2D eigenvalue weighted by Crippen LogP contribution is 2.57. The highest BCUT2D eigenvalue weighted by atomic mass is 35.5. The van der Waals surface area contributed by atoms with Crippen LogP contribution in [0.3, 0.4) is 0 Å². The number of ether oxygens (including phenoxy) is 2. The number of carbonyl (C=O) groups is 2. The summed E-state index contributed by atoms with van der Waals surface area (Å²) in [5, 5.41) is 0.779. The largest absolute Gasteiger partial charge is 0.368 e. The van der Waals surface area contributed by atoms with Gasteiger partial charge in [-0.3, -0.25) is 9.59 Å². The SMILES string of the molecule is C.O=C1C2C3OC([C@H]2C(=O)N1c1cc(Cl)cc(Cl)c1)[C@@H]1O[C@H]31. The molecule has 0 radical (unpaired) electrons. The first-order valence-corrected chi connectivity index (χ1v) is 7.47. The van der Waals surface area contributed by atoms with Crippen molar-refractivity contribution in [1.82, 2.24) is 0 Å². The lowest BCUT2D eigenvalue weighted by Crippen LogP contribution is -2.35. The van der Waals surface area contributed by atoms with Gasteiger partial charge in [0.05, 0.1) is 29.7 Å². The normalized spacial score (nSPS) is 40.5. The van der Waals surface area contributed by atoms with Crippen molar-refractivity contribution in [2.24, 2.45) is 11.8 Å². The lowest BCUT2D eigenvalue weighted by Gasteiger charge is -2.18. The molecule has 116 valence electrons. The van der Waals surface area contributed by atoms with Crippen LogP contribution < -0.4 is 4.90 Å². The van der Waals surface area contributed by atoms with Crippen molar-refractivity contribution >= 4 is 40.7 Å². The molecule has 4 aliphatic heterocycles. The van der Waals surface area contributed by atoms with Crippen LogP contribution in [-0.2, 0) is 19.1 Å². The third-order valence-electron chi connectivity index (χ3n) is 4.73. The molecule has 1 aromatic rings. The smallest absolute Gasteiger partial charge is 0.240 e. The minimum Gasteiger partial charge on any atom is -0.368 e. The lowest BCUT2D eigenvalue weighted by atomic mass is 9.81. The number of hydrogen-bond donors (Lipinski definition) is 0. The Morgan fingerprint density at radius 2 is 1.27 bits per heavy atom. The lowest BCUT2D eigenvalue weighted by molar-refractivity contribution is -0.126. The summed E-state index contributed by atoms with van der Waals surface area (Å²) in [4.78, 5) is 26.5. The minimum absolute atomic E-state index is 0. The van der Waals surface area contributed by atoms with Gasteiger partial charge in [-0.05, 0) is 18.2 Å². The number of epoxide rings is 1. The molecular weight excluding hydrogens is 329 g/mol. The van der Waals surface area contributed by atoms with Gasteiger partial charge >= 0.3 is 0 Å². The molecule has 3 unspecified atom stereocenters. The Morgan fingerprint density at radius 3 is 1.77 bits per heavy atom. The van der Waals surface area contributed by atoms with Crippen molar-refractivity contribution in [2.75, 3.05) is 4.90 Å². The highest BCUT2D eigenvalue weighted by Gasteiger charge is 2.75. The van der Waals surface area contributed by atoms with Crippen molar-refractivity contribution in [3.05, 3.63) is 28.2 Å². The van der Waals surface area contributed by atoms with E-state index in [-0.39, 0.29) is 43.7 Å². The van der Waals surface area contributed by atoms with Crippen molar-refractivity contribution < 1.29 is 19.1 Å². The fourth-order valence-corrected chi connectivity index (χ4v) is 4.42. The second-order valence-electron chi connectivity index (χ2n) is 5.82.